The maximum atomic E-state index is 12.2. The van der Waals surface area contributed by atoms with Crippen LogP contribution in [0.5, 0.6) is 0 Å². The third kappa shape index (κ3) is 2.93. The largest absolute Gasteiger partial charge is 1.00 e. The second-order valence-corrected chi connectivity index (χ2v) is 7.89. The molecule has 3 nitrogen and oxygen atoms in total. The number of rotatable bonds is 6. The summed E-state index contributed by atoms with van der Waals surface area (Å²) in [6.07, 6.45) is 2.13. The van der Waals surface area contributed by atoms with Gasteiger partial charge in [-0.2, -0.15) is 0 Å². The molecule has 0 unspecified atom stereocenters. The van der Waals surface area contributed by atoms with Crippen molar-refractivity contribution in [3.8, 4) is 0 Å². The van der Waals surface area contributed by atoms with E-state index < -0.39 is 5.60 Å². The Morgan fingerprint density at radius 1 is 0.962 bits per heavy atom. The first-order chi connectivity index (χ1) is 12.1. The molecule has 0 radical (unpaired) electrons. The van der Waals surface area contributed by atoms with E-state index in [0.29, 0.717) is 0 Å². The summed E-state index contributed by atoms with van der Waals surface area (Å²) in [4.78, 5) is 0. The van der Waals surface area contributed by atoms with Gasteiger partial charge in [0.05, 0.1) is 31.7 Å². The van der Waals surface area contributed by atoms with Crippen LogP contribution in [-0.2, 0) is 10.3 Å². The summed E-state index contributed by atoms with van der Waals surface area (Å²) in [5.74, 6) is 0. The lowest BCUT2D eigenvalue weighted by Gasteiger charge is -2.42. The SMILES string of the molecule is COCC[N+]12CCC(C(O)(c3ccccc3)c3ccccc3)(CC1)C2.[Br-]. The monoisotopic (exact) mass is 417 g/mol. The average molecular weight is 418 g/mol. The molecule has 2 bridgehead atoms. The number of benzene rings is 2. The Labute approximate surface area is 167 Å². The van der Waals surface area contributed by atoms with Crippen molar-refractivity contribution in [1.29, 1.82) is 0 Å². The van der Waals surface area contributed by atoms with Crippen LogP contribution >= 0.6 is 0 Å². The summed E-state index contributed by atoms with van der Waals surface area (Å²) >= 11 is 0. The van der Waals surface area contributed by atoms with E-state index in [9.17, 15) is 5.11 Å². The molecule has 2 aliphatic rings. The van der Waals surface area contributed by atoms with Gasteiger partial charge < -0.3 is 31.3 Å². The number of quaternary nitrogens is 1. The van der Waals surface area contributed by atoms with Crippen LogP contribution in [0.3, 0.4) is 0 Å². The molecule has 4 heteroatoms. The number of aliphatic hydroxyl groups is 1. The van der Waals surface area contributed by atoms with Crippen LogP contribution in [-0.4, -0.2) is 49.5 Å². The fraction of sp³-hybridized carbons (Fsp3) is 0.455. The normalized spacial score (nSPS) is 27.3. The van der Waals surface area contributed by atoms with Crippen molar-refractivity contribution in [2.75, 3.05) is 39.9 Å². The quantitative estimate of drug-likeness (QED) is 0.679. The molecular weight excluding hydrogens is 390 g/mol. The zero-order chi connectivity index (χ0) is 17.4. The molecule has 2 fully saturated rings. The maximum absolute atomic E-state index is 12.2. The van der Waals surface area contributed by atoms with E-state index in [1.807, 2.05) is 36.4 Å². The third-order valence-electron chi connectivity index (χ3n) is 6.69. The average Bonchev–Trinajstić information content (AvgIpc) is 3.25. The molecule has 0 aromatic heterocycles. The zero-order valence-corrected chi connectivity index (χ0v) is 17.0. The Kier molecular flexibility index (Phi) is 5.59. The van der Waals surface area contributed by atoms with Gasteiger partial charge in [0.2, 0.25) is 0 Å². The minimum atomic E-state index is -0.931. The maximum Gasteiger partial charge on any atom is 0.126 e. The first-order valence-corrected chi connectivity index (χ1v) is 9.32. The fourth-order valence-electron chi connectivity index (χ4n) is 5.30. The highest BCUT2D eigenvalue weighted by molar-refractivity contribution is 5.39. The number of nitrogens with zero attached hydrogens (tertiary/aromatic N) is 1. The van der Waals surface area contributed by atoms with Crippen molar-refractivity contribution >= 4 is 0 Å². The lowest BCUT2D eigenvalue weighted by atomic mass is 9.63. The molecule has 2 heterocycles. The van der Waals surface area contributed by atoms with Crippen molar-refractivity contribution in [2.45, 2.75) is 18.4 Å². The molecule has 2 aromatic rings. The molecular formula is C22H28BrNO2. The van der Waals surface area contributed by atoms with E-state index in [0.717, 1.165) is 61.2 Å². The number of methoxy groups -OCH3 is 1. The standard InChI is InChI=1S/C22H28NO2.BrH/c1-25-17-16-23-14-12-21(18-23,13-15-23)22(24,19-8-4-2-5-9-19)20-10-6-3-7-11-20;/h2-11,24H,12-18H2,1H3;1H/q+1;/p-1. The van der Waals surface area contributed by atoms with E-state index in [2.05, 4.69) is 24.3 Å². The van der Waals surface area contributed by atoms with Crippen LogP contribution < -0.4 is 17.0 Å². The predicted octanol–water partition coefficient (Wildman–Crippen LogP) is 0.184. The van der Waals surface area contributed by atoms with E-state index in [1.54, 1.807) is 7.11 Å². The molecule has 0 amide bonds. The first-order valence-electron chi connectivity index (χ1n) is 9.32. The van der Waals surface area contributed by atoms with Crippen molar-refractivity contribution in [3.63, 3.8) is 0 Å². The second kappa shape index (κ2) is 7.43. The Balaban J connectivity index is 0.00000196. The molecule has 2 saturated heterocycles. The van der Waals surface area contributed by atoms with Crippen molar-refractivity contribution in [1.82, 2.24) is 0 Å². The molecule has 0 saturated carbocycles. The van der Waals surface area contributed by atoms with Gasteiger partial charge in [-0.25, -0.2) is 0 Å². The highest BCUT2D eigenvalue weighted by atomic mass is 79.9. The smallest absolute Gasteiger partial charge is 0.126 e. The van der Waals surface area contributed by atoms with Crippen LogP contribution in [0.1, 0.15) is 24.0 Å². The van der Waals surface area contributed by atoms with Gasteiger partial charge in [-0.1, -0.05) is 60.7 Å². The highest BCUT2D eigenvalue weighted by Crippen LogP contribution is 2.58. The molecule has 4 rings (SSSR count). The molecule has 1 N–H and O–H groups in total. The van der Waals surface area contributed by atoms with Crippen LogP contribution in [0.15, 0.2) is 60.7 Å². The second-order valence-electron chi connectivity index (χ2n) is 7.89. The summed E-state index contributed by atoms with van der Waals surface area (Å²) in [7, 11) is 1.78. The zero-order valence-electron chi connectivity index (χ0n) is 15.4. The fourth-order valence-corrected chi connectivity index (χ4v) is 5.30. The van der Waals surface area contributed by atoms with Gasteiger partial charge in [0.25, 0.3) is 0 Å². The topological polar surface area (TPSA) is 29.5 Å². The number of ether oxygens (including phenoxy) is 1. The molecule has 2 aromatic carbocycles. The number of halogens is 1. The number of hydrogen-bond donors (Lipinski definition) is 1. The Morgan fingerprint density at radius 3 is 1.92 bits per heavy atom. The van der Waals surface area contributed by atoms with Crippen molar-refractivity contribution < 1.29 is 31.3 Å². The van der Waals surface area contributed by atoms with Crippen LogP contribution in [0.4, 0.5) is 0 Å². The lowest BCUT2D eigenvalue weighted by molar-refractivity contribution is -0.909. The van der Waals surface area contributed by atoms with Crippen molar-refractivity contribution in [3.05, 3.63) is 71.8 Å². The number of piperidine rings is 1. The third-order valence-corrected chi connectivity index (χ3v) is 6.69. The van der Waals surface area contributed by atoms with E-state index in [1.165, 1.54) is 0 Å². The molecule has 0 spiro atoms. The molecule has 0 atom stereocenters. The van der Waals surface area contributed by atoms with Gasteiger partial charge in [0.1, 0.15) is 12.1 Å². The van der Waals surface area contributed by atoms with Gasteiger partial charge in [-0.3, -0.25) is 0 Å². The lowest BCUT2D eigenvalue weighted by Crippen LogP contribution is -3.00. The molecule has 0 aliphatic carbocycles. The first kappa shape index (κ1) is 19.6. The van der Waals surface area contributed by atoms with Gasteiger partial charge in [-0.05, 0) is 11.1 Å². The number of fused-ring (bicyclic) bond motifs is 2. The van der Waals surface area contributed by atoms with Gasteiger partial charge in [-0.15, -0.1) is 0 Å². The van der Waals surface area contributed by atoms with Crippen LogP contribution in [0, 0.1) is 5.41 Å². The molecule has 2 aliphatic heterocycles. The number of hydrogen-bond acceptors (Lipinski definition) is 2. The minimum absolute atomic E-state index is 0. The summed E-state index contributed by atoms with van der Waals surface area (Å²) in [6.45, 7) is 5.18. The van der Waals surface area contributed by atoms with E-state index >= 15 is 0 Å². The van der Waals surface area contributed by atoms with E-state index in [-0.39, 0.29) is 22.4 Å². The summed E-state index contributed by atoms with van der Waals surface area (Å²) in [6, 6.07) is 20.5. The van der Waals surface area contributed by atoms with Gasteiger partial charge in [0, 0.05) is 20.0 Å². The summed E-state index contributed by atoms with van der Waals surface area (Å²) in [5, 5.41) is 12.2. The van der Waals surface area contributed by atoms with Crippen LogP contribution in [0.25, 0.3) is 0 Å². The summed E-state index contributed by atoms with van der Waals surface area (Å²) < 4.78 is 6.45. The Morgan fingerprint density at radius 2 is 1.46 bits per heavy atom. The van der Waals surface area contributed by atoms with Crippen LogP contribution in [0.2, 0.25) is 0 Å². The van der Waals surface area contributed by atoms with Crippen molar-refractivity contribution in [2.24, 2.45) is 5.41 Å². The Hall–Kier alpha value is -1.20. The van der Waals surface area contributed by atoms with Gasteiger partial charge >= 0.3 is 0 Å². The molecule has 140 valence electrons. The Bertz CT molecular complexity index is 672. The van der Waals surface area contributed by atoms with E-state index in [4.69, 9.17) is 4.74 Å². The minimum Gasteiger partial charge on any atom is -1.00 e. The molecule has 26 heavy (non-hydrogen) atoms. The highest BCUT2D eigenvalue weighted by Gasteiger charge is 2.65. The van der Waals surface area contributed by atoms with Gasteiger partial charge in [0.15, 0.2) is 0 Å². The summed E-state index contributed by atoms with van der Waals surface area (Å²) in [5.41, 5.74) is 1.02. The predicted molar refractivity (Wildman–Crippen MR) is 99.2 cm³/mol.